The van der Waals surface area contributed by atoms with E-state index in [0.29, 0.717) is 12.5 Å². The van der Waals surface area contributed by atoms with E-state index in [4.69, 9.17) is 10.2 Å². The molecule has 1 rings (SSSR count). The van der Waals surface area contributed by atoms with Crippen LogP contribution in [0.2, 0.25) is 0 Å². The van der Waals surface area contributed by atoms with Crippen molar-refractivity contribution in [3.8, 4) is 0 Å². The van der Waals surface area contributed by atoms with Crippen LogP contribution in [0, 0.1) is 5.92 Å². The lowest BCUT2D eigenvalue weighted by atomic mass is 9.89. The second-order valence-electron chi connectivity index (χ2n) is 5.23. The molecule has 3 nitrogen and oxygen atoms in total. The molecule has 19 heavy (non-hydrogen) atoms. The van der Waals surface area contributed by atoms with Crippen LogP contribution in [-0.4, -0.2) is 22.8 Å². The first-order valence-electron chi connectivity index (χ1n) is 7.15. The normalized spacial score (nSPS) is 17.9. The summed E-state index contributed by atoms with van der Waals surface area (Å²) < 4.78 is 0. The topological polar surface area (TPSA) is 57.5 Å². The molecule has 0 saturated heterocycles. The van der Waals surface area contributed by atoms with Crippen LogP contribution >= 0.6 is 0 Å². The van der Waals surface area contributed by atoms with Crippen LogP contribution in [0.4, 0.5) is 0 Å². The maximum Gasteiger partial charge on any atom is 0.303 e. The second kappa shape index (κ2) is 10.8. The average molecular weight is 268 g/mol. The van der Waals surface area contributed by atoms with Crippen molar-refractivity contribution in [2.45, 2.75) is 59.3 Å². The fraction of sp³-hybridized carbons (Fsp3) is 0.688. The molecule has 0 spiro atoms. The molecule has 0 aromatic heterocycles. The molecule has 1 unspecified atom stereocenters. The summed E-state index contributed by atoms with van der Waals surface area (Å²) in [5, 5.41) is 16.8. The zero-order valence-corrected chi connectivity index (χ0v) is 12.5. The van der Waals surface area contributed by atoms with Crippen LogP contribution in [-0.2, 0) is 4.79 Å². The molecule has 0 aliphatic heterocycles. The van der Waals surface area contributed by atoms with Crippen LogP contribution in [0.1, 0.15) is 59.3 Å². The molecule has 0 bridgehead atoms. The second-order valence-corrected chi connectivity index (χ2v) is 5.23. The van der Waals surface area contributed by atoms with Gasteiger partial charge in [0.25, 0.3) is 0 Å². The Kier molecular flexibility index (Phi) is 10.2. The van der Waals surface area contributed by atoms with E-state index in [1.54, 1.807) is 12.5 Å². The Morgan fingerprint density at radius 1 is 1.47 bits per heavy atom. The van der Waals surface area contributed by atoms with Crippen molar-refractivity contribution in [1.82, 2.24) is 0 Å². The summed E-state index contributed by atoms with van der Waals surface area (Å²) >= 11 is 0. The van der Waals surface area contributed by atoms with Crippen LogP contribution < -0.4 is 0 Å². The summed E-state index contributed by atoms with van der Waals surface area (Å²) in [7, 11) is 0. The Morgan fingerprint density at radius 3 is 2.58 bits per heavy atom. The summed E-state index contributed by atoms with van der Waals surface area (Å²) in [5.41, 5.74) is 2.95. The minimum atomic E-state index is -0.745. The van der Waals surface area contributed by atoms with Gasteiger partial charge in [0.2, 0.25) is 0 Å². The number of carboxylic acid groups (broad SMARTS) is 1. The Balaban J connectivity index is 0.000000555. The van der Waals surface area contributed by atoms with E-state index in [0.717, 1.165) is 6.42 Å². The molecule has 0 saturated carbocycles. The monoisotopic (exact) mass is 268 g/mol. The predicted molar refractivity (Wildman–Crippen MR) is 79.1 cm³/mol. The number of aliphatic hydroxyl groups is 1. The lowest BCUT2D eigenvalue weighted by Gasteiger charge is -2.18. The molecule has 0 amide bonds. The van der Waals surface area contributed by atoms with Gasteiger partial charge in [-0.15, -0.1) is 0 Å². The number of allylic oxidation sites excluding steroid dienone is 3. The van der Waals surface area contributed by atoms with Gasteiger partial charge < -0.3 is 10.2 Å². The van der Waals surface area contributed by atoms with E-state index in [2.05, 4.69) is 26.0 Å². The van der Waals surface area contributed by atoms with E-state index in [1.165, 1.54) is 31.3 Å². The minimum absolute atomic E-state index is 0.222. The number of aliphatic carboxylic acids is 1. The predicted octanol–water partition coefficient (Wildman–Crippen LogP) is 3.93. The summed E-state index contributed by atoms with van der Waals surface area (Å²) in [6, 6.07) is 0. The highest BCUT2D eigenvalue weighted by atomic mass is 16.4. The molecular weight excluding hydrogens is 240 g/mol. The highest BCUT2D eigenvalue weighted by molar-refractivity contribution is 5.66. The lowest BCUT2D eigenvalue weighted by Crippen LogP contribution is -2.08. The summed E-state index contributed by atoms with van der Waals surface area (Å²) in [6.07, 6.45) is 10.8. The molecule has 110 valence electrons. The highest BCUT2D eigenvalue weighted by Gasteiger charge is 2.11. The number of carboxylic acids is 1. The SMILES string of the molecule is CC(C)=CCCC1=CC(CO)CCC1.CCC(=O)O. The molecule has 0 aromatic rings. The number of aliphatic hydroxyl groups excluding tert-OH is 1. The summed E-state index contributed by atoms with van der Waals surface area (Å²) in [6.45, 7) is 6.21. The first-order valence-corrected chi connectivity index (χ1v) is 7.15. The van der Waals surface area contributed by atoms with E-state index in [1.807, 2.05) is 0 Å². The van der Waals surface area contributed by atoms with Crippen LogP contribution in [0.5, 0.6) is 0 Å². The number of rotatable bonds is 5. The molecule has 0 radical (unpaired) electrons. The standard InChI is InChI=1S/C13H22O.C3H6O2/c1-11(2)5-3-6-12-7-4-8-13(9-12)10-14;1-2-3(4)5/h5,9,13-14H,3-4,6-8,10H2,1-2H3;2H2,1H3,(H,4,5). The maximum absolute atomic E-state index is 9.37. The number of carbonyl (C=O) groups is 1. The van der Waals surface area contributed by atoms with E-state index in [-0.39, 0.29) is 6.42 Å². The minimum Gasteiger partial charge on any atom is -0.481 e. The lowest BCUT2D eigenvalue weighted by molar-refractivity contribution is -0.136. The summed E-state index contributed by atoms with van der Waals surface area (Å²) in [4.78, 5) is 9.37. The molecule has 1 aliphatic carbocycles. The first kappa shape index (κ1) is 17.9. The van der Waals surface area contributed by atoms with Gasteiger partial charge in [-0.05, 0) is 46.0 Å². The third kappa shape index (κ3) is 10.5. The van der Waals surface area contributed by atoms with Gasteiger partial charge in [0.05, 0.1) is 0 Å². The van der Waals surface area contributed by atoms with Gasteiger partial charge in [-0.3, -0.25) is 4.79 Å². The van der Waals surface area contributed by atoms with Crippen molar-refractivity contribution in [1.29, 1.82) is 0 Å². The van der Waals surface area contributed by atoms with Gasteiger partial charge in [-0.25, -0.2) is 0 Å². The third-order valence-electron chi connectivity index (χ3n) is 3.10. The molecule has 3 heteroatoms. The smallest absolute Gasteiger partial charge is 0.303 e. The molecule has 0 aromatic carbocycles. The summed E-state index contributed by atoms with van der Waals surface area (Å²) in [5.74, 6) is -0.310. The highest BCUT2D eigenvalue weighted by Crippen LogP contribution is 2.25. The molecule has 2 N–H and O–H groups in total. The van der Waals surface area contributed by atoms with Gasteiger partial charge in [-0.2, -0.15) is 0 Å². The average Bonchev–Trinajstić information content (AvgIpc) is 2.39. The Bertz CT molecular complexity index is 312. The maximum atomic E-state index is 9.37. The van der Waals surface area contributed by atoms with E-state index < -0.39 is 5.97 Å². The van der Waals surface area contributed by atoms with Crippen LogP contribution in [0.15, 0.2) is 23.3 Å². The Morgan fingerprint density at radius 2 is 2.11 bits per heavy atom. The van der Waals surface area contributed by atoms with Crippen molar-refractivity contribution in [2.75, 3.05) is 6.61 Å². The molecule has 0 fully saturated rings. The number of hydrogen-bond donors (Lipinski definition) is 2. The van der Waals surface area contributed by atoms with E-state index in [9.17, 15) is 4.79 Å². The Hall–Kier alpha value is -1.09. The van der Waals surface area contributed by atoms with Gasteiger partial charge in [0, 0.05) is 18.9 Å². The van der Waals surface area contributed by atoms with Gasteiger partial charge >= 0.3 is 5.97 Å². The van der Waals surface area contributed by atoms with Crippen LogP contribution in [0.3, 0.4) is 0 Å². The molecule has 1 atom stereocenters. The molecular formula is C16H28O3. The molecule has 1 aliphatic rings. The Labute approximate surface area is 117 Å². The van der Waals surface area contributed by atoms with Crippen molar-refractivity contribution in [2.24, 2.45) is 5.92 Å². The van der Waals surface area contributed by atoms with Gasteiger partial charge in [0.1, 0.15) is 0 Å². The quantitative estimate of drug-likeness (QED) is 0.743. The largest absolute Gasteiger partial charge is 0.481 e. The molecule has 0 heterocycles. The van der Waals surface area contributed by atoms with Crippen molar-refractivity contribution < 1.29 is 15.0 Å². The van der Waals surface area contributed by atoms with E-state index >= 15 is 0 Å². The van der Waals surface area contributed by atoms with Gasteiger partial charge in [-0.1, -0.05) is 30.2 Å². The van der Waals surface area contributed by atoms with Crippen molar-refractivity contribution >= 4 is 5.97 Å². The zero-order chi connectivity index (χ0) is 14.7. The number of hydrogen-bond acceptors (Lipinski definition) is 2. The van der Waals surface area contributed by atoms with Gasteiger partial charge in [0.15, 0.2) is 0 Å². The zero-order valence-electron chi connectivity index (χ0n) is 12.5. The fourth-order valence-corrected chi connectivity index (χ4v) is 1.99. The fourth-order valence-electron chi connectivity index (χ4n) is 1.99. The first-order chi connectivity index (χ1) is 8.99. The van der Waals surface area contributed by atoms with Crippen molar-refractivity contribution in [3.63, 3.8) is 0 Å². The van der Waals surface area contributed by atoms with Crippen molar-refractivity contribution in [3.05, 3.63) is 23.3 Å². The third-order valence-corrected chi connectivity index (χ3v) is 3.10. The van der Waals surface area contributed by atoms with Crippen LogP contribution in [0.25, 0.3) is 0 Å².